The number of hydrogen-bond donors (Lipinski definition) is 1. The van der Waals surface area contributed by atoms with E-state index in [1.807, 2.05) is 0 Å². The summed E-state index contributed by atoms with van der Waals surface area (Å²) in [5.74, 6) is -3.81. The van der Waals surface area contributed by atoms with E-state index in [2.05, 4.69) is 9.97 Å². The summed E-state index contributed by atoms with van der Waals surface area (Å²) in [7, 11) is -3.76. The highest BCUT2D eigenvalue weighted by Gasteiger charge is 2.44. The third-order valence-electron chi connectivity index (χ3n) is 6.61. The van der Waals surface area contributed by atoms with E-state index < -0.39 is 33.3 Å². The van der Waals surface area contributed by atoms with Gasteiger partial charge in [0.2, 0.25) is 20.9 Å². The van der Waals surface area contributed by atoms with Gasteiger partial charge in [-0.25, -0.2) is 31.6 Å². The fourth-order valence-corrected chi connectivity index (χ4v) is 6.07. The largest absolute Gasteiger partial charge is 0.337 e. The molecule has 11 heteroatoms. The Morgan fingerprint density at radius 3 is 2.30 bits per heavy atom. The second-order valence-electron chi connectivity index (χ2n) is 8.74. The SMILES string of the molecule is NC(Cc1cc(F)c(F)cc1F)[C@@H]1C[C@H]2CC[C@@H](C1)N2C(=O)CCS(=O)(=O)c1ncccn1. The molecule has 0 aliphatic carbocycles. The van der Waals surface area contributed by atoms with Crippen LogP contribution in [0.1, 0.15) is 37.7 Å². The normalized spacial score (nSPS) is 23.5. The number of sulfone groups is 1. The van der Waals surface area contributed by atoms with Gasteiger partial charge in [-0.15, -0.1) is 0 Å². The quantitative estimate of drug-likeness (QED) is 0.480. The van der Waals surface area contributed by atoms with Crippen LogP contribution in [0.15, 0.2) is 35.7 Å². The van der Waals surface area contributed by atoms with Crippen LogP contribution < -0.4 is 5.73 Å². The number of nitrogens with zero attached hydrogens (tertiary/aromatic N) is 3. The number of nitrogens with two attached hydrogens (primary N) is 1. The van der Waals surface area contributed by atoms with Gasteiger partial charge in [0, 0.05) is 43.0 Å². The van der Waals surface area contributed by atoms with Crippen molar-refractivity contribution in [2.45, 2.75) is 61.8 Å². The predicted octanol–water partition coefficient (Wildman–Crippen LogP) is 2.40. The molecule has 33 heavy (non-hydrogen) atoms. The fraction of sp³-hybridized carbons (Fsp3) is 0.500. The number of piperidine rings is 1. The summed E-state index contributed by atoms with van der Waals surface area (Å²) in [5.41, 5.74) is 6.34. The highest BCUT2D eigenvalue weighted by Crippen LogP contribution is 2.40. The molecule has 7 nitrogen and oxygen atoms in total. The zero-order chi connectivity index (χ0) is 23.8. The lowest BCUT2D eigenvalue weighted by Gasteiger charge is -2.41. The first-order valence-corrected chi connectivity index (χ1v) is 12.5. The van der Waals surface area contributed by atoms with Crippen molar-refractivity contribution in [3.63, 3.8) is 0 Å². The molecule has 0 radical (unpaired) electrons. The Balaban J connectivity index is 1.37. The molecule has 4 rings (SSSR count). The summed E-state index contributed by atoms with van der Waals surface area (Å²) in [6.45, 7) is 0. The zero-order valence-corrected chi connectivity index (χ0v) is 18.6. The van der Waals surface area contributed by atoms with Crippen LogP contribution in [0, 0.1) is 23.4 Å². The summed E-state index contributed by atoms with van der Waals surface area (Å²) in [6.07, 6.45) is 5.35. The van der Waals surface area contributed by atoms with E-state index in [9.17, 15) is 26.4 Å². The summed E-state index contributed by atoms with van der Waals surface area (Å²) >= 11 is 0. The van der Waals surface area contributed by atoms with Crippen molar-refractivity contribution in [3.8, 4) is 0 Å². The summed E-state index contributed by atoms with van der Waals surface area (Å²) in [6, 6.07) is 2.26. The average Bonchev–Trinajstić information content (AvgIpc) is 3.05. The third kappa shape index (κ3) is 5.03. The molecular formula is C22H25F3N4O3S. The number of carbonyl (C=O) groups excluding carboxylic acids is 1. The predicted molar refractivity (Wildman–Crippen MR) is 113 cm³/mol. The molecule has 2 saturated heterocycles. The Morgan fingerprint density at radius 2 is 1.67 bits per heavy atom. The average molecular weight is 483 g/mol. The van der Waals surface area contributed by atoms with Crippen LogP contribution in [0.5, 0.6) is 0 Å². The molecule has 2 aliphatic heterocycles. The lowest BCUT2D eigenvalue weighted by Crippen LogP contribution is -2.50. The number of halogens is 3. The molecule has 0 spiro atoms. The Hall–Kier alpha value is -2.53. The van der Waals surface area contributed by atoms with Gasteiger partial charge in [0.15, 0.2) is 11.6 Å². The first-order valence-electron chi connectivity index (χ1n) is 10.9. The summed E-state index contributed by atoms with van der Waals surface area (Å²) in [4.78, 5) is 22.2. The lowest BCUT2D eigenvalue weighted by atomic mass is 9.82. The van der Waals surface area contributed by atoms with Crippen molar-refractivity contribution in [2.24, 2.45) is 11.7 Å². The van der Waals surface area contributed by atoms with Crippen LogP contribution in [0.25, 0.3) is 0 Å². The van der Waals surface area contributed by atoms with Crippen LogP contribution in [-0.4, -0.2) is 53.1 Å². The minimum Gasteiger partial charge on any atom is -0.337 e. The molecule has 2 N–H and O–H groups in total. The van der Waals surface area contributed by atoms with Gasteiger partial charge >= 0.3 is 0 Å². The van der Waals surface area contributed by atoms with Crippen molar-refractivity contribution in [1.82, 2.24) is 14.9 Å². The Labute approximate surface area is 190 Å². The van der Waals surface area contributed by atoms with Crippen LogP contribution in [0.4, 0.5) is 13.2 Å². The topological polar surface area (TPSA) is 106 Å². The Kier molecular flexibility index (Phi) is 6.71. The van der Waals surface area contributed by atoms with E-state index in [4.69, 9.17) is 5.73 Å². The van der Waals surface area contributed by atoms with Gasteiger partial charge in [-0.2, -0.15) is 0 Å². The third-order valence-corrected chi connectivity index (χ3v) is 8.12. The maximum absolute atomic E-state index is 14.0. The molecule has 178 valence electrons. The van der Waals surface area contributed by atoms with E-state index in [1.165, 1.54) is 18.5 Å². The molecule has 1 aromatic heterocycles. The van der Waals surface area contributed by atoms with Gasteiger partial charge in [-0.1, -0.05) is 0 Å². The highest BCUT2D eigenvalue weighted by molar-refractivity contribution is 7.91. The molecule has 1 amide bonds. The van der Waals surface area contributed by atoms with E-state index in [1.54, 1.807) is 4.90 Å². The van der Waals surface area contributed by atoms with Crippen LogP contribution in [0.3, 0.4) is 0 Å². The van der Waals surface area contributed by atoms with Gasteiger partial charge in [0.25, 0.3) is 0 Å². The monoisotopic (exact) mass is 482 g/mol. The number of benzene rings is 1. The van der Waals surface area contributed by atoms with Crippen molar-refractivity contribution in [3.05, 3.63) is 53.6 Å². The van der Waals surface area contributed by atoms with Crippen molar-refractivity contribution < 1.29 is 26.4 Å². The van der Waals surface area contributed by atoms with E-state index >= 15 is 0 Å². The first-order chi connectivity index (χ1) is 15.7. The minimum atomic E-state index is -3.76. The highest BCUT2D eigenvalue weighted by atomic mass is 32.2. The number of amides is 1. The molecule has 3 heterocycles. The van der Waals surface area contributed by atoms with E-state index in [-0.39, 0.29) is 53.2 Å². The second kappa shape index (κ2) is 9.38. The van der Waals surface area contributed by atoms with Crippen molar-refractivity contribution in [1.29, 1.82) is 0 Å². The molecule has 4 atom stereocenters. The Morgan fingerprint density at radius 1 is 1.06 bits per heavy atom. The van der Waals surface area contributed by atoms with Crippen LogP contribution in [-0.2, 0) is 21.1 Å². The Bertz CT molecular complexity index is 1120. The maximum atomic E-state index is 14.0. The molecular weight excluding hydrogens is 457 g/mol. The van der Waals surface area contributed by atoms with Crippen molar-refractivity contribution in [2.75, 3.05) is 5.75 Å². The number of carbonyl (C=O) groups is 1. The lowest BCUT2D eigenvalue weighted by molar-refractivity contribution is -0.136. The first kappa shape index (κ1) is 23.6. The molecule has 1 unspecified atom stereocenters. The van der Waals surface area contributed by atoms with Gasteiger partial charge in [-0.05, 0) is 55.7 Å². The minimum absolute atomic E-state index is 0.0134. The zero-order valence-electron chi connectivity index (χ0n) is 17.8. The summed E-state index contributed by atoms with van der Waals surface area (Å²) < 4.78 is 65.5. The number of rotatable bonds is 7. The van der Waals surface area contributed by atoms with E-state index in [0.717, 1.165) is 18.9 Å². The molecule has 2 aliphatic rings. The number of hydrogen-bond acceptors (Lipinski definition) is 6. The smallest absolute Gasteiger partial charge is 0.247 e. The number of aromatic nitrogens is 2. The van der Waals surface area contributed by atoms with Gasteiger partial charge < -0.3 is 10.6 Å². The van der Waals surface area contributed by atoms with Gasteiger partial charge in [0.05, 0.1) is 5.75 Å². The second-order valence-corrected chi connectivity index (χ2v) is 10.7. The maximum Gasteiger partial charge on any atom is 0.247 e. The van der Waals surface area contributed by atoms with Gasteiger partial charge in [-0.3, -0.25) is 4.79 Å². The molecule has 1 aromatic carbocycles. The standard InChI is InChI=1S/C22H25F3N4O3S/c23-17-12-19(25)18(24)10-13(17)11-20(26)14-8-15-2-3-16(9-14)29(15)21(30)4-7-33(31,32)22-27-5-1-6-28-22/h1,5-6,10,12,14-16,20H,2-4,7-9,11,26H2/t14-,15-,16+,20?. The van der Waals surface area contributed by atoms with Crippen LogP contribution in [0.2, 0.25) is 0 Å². The summed E-state index contributed by atoms with van der Waals surface area (Å²) in [5, 5.41) is -0.296. The molecule has 2 bridgehead atoms. The van der Waals surface area contributed by atoms with E-state index in [0.29, 0.717) is 18.9 Å². The number of fused-ring (bicyclic) bond motifs is 2. The van der Waals surface area contributed by atoms with Gasteiger partial charge in [0.1, 0.15) is 5.82 Å². The molecule has 2 fully saturated rings. The fourth-order valence-electron chi connectivity index (χ4n) is 5.00. The van der Waals surface area contributed by atoms with Crippen LogP contribution >= 0.6 is 0 Å². The molecule has 0 saturated carbocycles. The molecule has 2 aromatic rings. The van der Waals surface area contributed by atoms with Crippen molar-refractivity contribution >= 4 is 15.7 Å².